The summed E-state index contributed by atoms with van der Waals surface area (Å²) in [5.74, 6) is -0.507. The third-order valence-corrected chi connectivity index (χ3v) is 4.15. The highest BCUT2D eigenvalue weighted by Crippen LogP contribution is 2.25. The van der Waals surface area contributed by atoms with Crippen LogP contribution in [0.4, 0.5) is 0 Å². The summed E-state index contributed by atoms with van der Waals surface area (Å²) >= 11 is 4.11. The lowest BCUT2D eigenvalue weighted by molar-refractivity contribution is -0.151. The summed E-state index contributed by atoms with van der Waals surface area (Å²) < 4.78 is 5.75. The summed E-state index contributed by atoms with van der Waals surface area (Å²) in [5.41, 5.74) is 0. The highest BCUT2D eigenvalue weighted by Gasteiger charge is 2.44. The number of para-hydroxylation sites is 1. The zero-order valence-electron chi connectivity index (χ0n) is 11.8. The smallest absolute Gasteiger partial charge is 0.330 e. The van der Waals surface area contributed by atoms with Crippen molar-refractivity contribution in [2.45, 2.75) is 25.5 Å². The molecule has 0 saturated carbocycles. The van der Waals surface area contributed by atoms with Crippen molar-refractivity contribution in [2.75, 3.05) is 12.3 Å². The maximum absolute atomic E-state index is 12.2. The number of thiol groups is 1. The molecule has 0 aliphatic carbocycles. The summed E-state index contributed by atoms with van der Waals surface area (Å²) in [6.07, 6.45) is -0.0161. The Hall–Kier alpha value is -1.69. The number of carboxylic acids is 1. The van der Waals surface area contributed by atoms with Crippen LogP contribution in [-0.2, 0) is 9.59 Å². The van der Waals surface area contributed by atoms with E-state index < -0.39 is 18.1 Å². The second-order valence-electron chi connectivity index (χ2n) is 5.16. The van der Waals surface area contributed by atoms with E-state index in [1.165, 1.54) is 4.90 Å². The predicted octanol–water partition coefficient (Wildman–Crippen LogP) is 1.69. The van der Waals surface area contributed by atoms with Crippen LogP contribution in [0.25, 0.3) is 0 Å². The molecule has 21 heavy (non-hydrogen) atoms. The molecule has 2 rings (SSSR count). The molecule has 5 nitrogen and oxygen atoms in total. The Morgan fingerprint density at radius 3 is 2.67 bits per heavy atom. The number of amides is 1. The Morgan fingerprint density at radius 1 is 1.43 bits per heavy atom. The van der Waals surface area contributed by atoms with Gasteiger partial charge in [-0.15, -0.1) is 0 Å². The number of carbonyl (C=O) groups is 2. The highest BCUT2D eigenvalue weighted by atomic mass is 32.1. The molecule has 1 fully saturated rings. The molecule has 0 aromatic heterocycles. The Bertz CT molecular complexity index is 508. The molecule has 0 bridgehead atoms. The Labute approximate surface area is 129 Å². The lowest BCUT2D eigenvalue weighted by Crippen LogP contribution is -2.48. The molecule has 1 saturated heterocycles. The van der Waals surface area contributed by atoms with Gasteiger partial charge in [0.05, 0.1) is 0 Å². The van der Waals surface area contributed by atoms with Crippen molar-refractivity contribution >= 4 is 24.5 Å². The fourth-order valence-electron chi connectivity index (χ4n) is 2.46. The van der Waals surface area contributed by atoms with Crippen LogP contribution < -0.4 is 4.74 Å². The van der Waals surface area contributed by atoms with Crippen molar-refractivity contribution in [3.05, 3.63) is 30.3 Å². The largest absolute Gasteiger partial charge is 0.488 e. The monoisotopic (exact) mass is 309 g/mol. The van der Waals surface area contributed by atoms with E-state index in [9.17, 15) is 14.7 Å². The maximum Gasteiger partial charge on any atom is 0.330 e. The number of benzene rings is 1. The third-order valence-electron chi connectivity index (χ3n) is 3.60. The van der Waals surface area contributed by atoms with E-state index in [0.29, 0.717) is 24.5 Å². The molecular weight excluding hydrogens is 290 g/mol. The molecule has 0 spiro atoms. The van der Waals surface area contributed by atoms with Crippen molar-refractivity contribution in [2.24, 2.45) is 5.92 Å². The van der Waals surface area contributed by atoms with Gasteiger partial charge in [0.15, 0.2) is 6.04 Å². The van der Waals surface area contributed by atoms with Crippen LogP contribution in [0.3, 0.4) is 0 Å². The number of hydrogen-bond donors (Lipinski definition) is 2. The number of ether oxygens (including phenoxy) is 1. The van der Waals surface area contributed by atoms with E-state index in [1.54, 1.807) is 19.1 Å². The van der Waals surface area contributed by atoms with Crippen molar-refractivity contribution in [3.63, 3.8) is 0 Å². The molecule has 0 radical (unpaired) electrons. The minimum absolute atomic E-state index is 0.184. The number of likely N-dealkylation sites (tertiary alicyclic amines) is 1. The van der Waals surface area contributed by atoms with Gasteiger partial charge in [-0.05, 0) is 12.1 Å². The molecule has 1 aromatic carbocycles. The number of aliphatic carboxylic acids is 1. The summed E-state index contributed by atoms with van der Waals surface area (Å²) in [5, 5.41) is 9.44. The average molecular weight is 309 g/mol. The summed E-state index contributed by atoms with van der Waals surface area (Å²) in [6, 6.07) is 8.12. The van der Waals surface area contributed by atoms with Crippen LogP contribution in [0.15, 0.2) is 30.3 Å². The van der Waals surface area contributed by atoms with Crippen molar-refractivity contribution in [1.29, 1.82) is 0 Å². The molecule has 1 unspecified atom stereocenters. The molecule has 1 N–H and O–H groups in total. The van der Waals surface area contributed by atoms with Gasteiger partial charge in [0, 0.05) is 24.6 Å². The first-order valence-electron chi connectivity index (χ1n) is 6.90. The average Bonchev–Trinajstić information content (AvgIpc) is 2.90. The van der Waals surface area contributed by atoms with Crippen molar-refractivity contribution < 1.29 is 19.4 Å². The minimum atomic E-state index is -1.03. The van der Waals surface area contributed by atoms with E-state index in [0.717, 1.165) is 0 Å². The van der Waals surface area contributed by atoms with Crippen LogP contribution in [0.2, 0.25) is 0 Å². The minimum Gasteiger partial charge on any atom is -0.488 e. The fraction of sp³-hybridized carbons (Fsp3) is 0.467. The van der Waals surface area contributed by atoms with Crippen LogP contribution in [0, 0.1) is 5.92 Å². The second-order valence-corrected chi connectivity index (χ2v) is 5.52. The molecule has 1 amide bonds. The molecule has 1 aliphatic heterocycles. The lowest BCUT2D eigenvalue weighted by Gasteiger charge is -2.26. The summed E-state index contributed by atoms with van der Waals surface area (Å²) in [7, 11) is 0. The van der Waals surface area contributed by atoms with Crippen LogP contribution >= 0.6 is 12.6 Å². The summed E-state index contributed by atoms with van der Waals surface area (Å²) in [6.45, 7) is 2.14. The quantitative estimate of drug-likeness (QED) is 0.812. The number of rotatable bonds is 5. The van der Waals surface area contributed by atoms with Gasteiger partial charge in [-0.1, -0.05) is 25.1 Å². The number of carbonyl (C=O) groups excluding carboxylic acids is 1. The Morgan fingerprint density at radius 2 is 2.10 bits per heavy atom. The van der Waals surface area contributed by atoms with E-state index >= 15 is 0 Å². The normalized spacial score (nSPS) is 22.9. The van der Waals surface area contributed by atoms with Crippen LogP contribution in [0.1, 0.15) is 13.3 Å². The first kappa shape index (κ1) is 15.7. The van der Waals surface area contributed by atoms with E-state index in [4.69, 9.17) is 4.74 Å². The lowest BCUT2D eigenvalue weighted by atomic mass is 10.1. The highest BCUT2D eigenvalue weighted by molar-refractivity contribution is 7.80. The number of carboxylic acid groups (broad SMARTS) is 1. The maximum atomic E-state index is 12.2. The fourth-order valence-corrected chi connectivity index (χ4v) is 2.62. The van der Waals surface area contributed by atoms with Gasteiger partial charge in [-0.25, -0.2) is 4.79 Å². The van der Waals surface area contributed by atoms with Gasteiger partial charge in [-0.3, -0.25) is 4.79 Å². The van der Waals surface area contributed by atoms with Crippen molar-refractivity contribution in [1.82, 2.24) is 4.90 Å². The van der Waals surface area contributed by atoms with E-state index in [-0.39, 0.29) is 11.8 Å². The van der Waals surface area contributed by atoms with Crippen LogP contribution in [0.5, 0.6) is 5.75 Å². The van der Waals surface area contributed by atoms with Gasteiger partial charge in [0.25, 0.3) is 0 Å². The molecular formula is C15H19NO4S. The third kappa shape index (κ3) is 3.50. The topological polar surface area (TPSA) is 66.8 Å². The molecule has 1 heterocycles. The number of hydrogen-bond acceptors (Lipinski definition) is 4. The number of nitrogens with zero attached hydrogens (tertiary/aromatic N) is 1. The SMILES string of the molecule is CC(CS)C(=O)N1CC[C@@H](Oc2ccccc2)[C@H]1C(=O)O. The first-order valence-corrected chi connectivity index (χ1v) is 7.53. The second kappa shape index (κ2) is 6.85. The van der Waals surface area contributed by atoms with Gasteiger partial charge in [0.1, 0.15) is 11.9 Å². The zero-order chi connectivity index (χ0) is 15.4. The summed E-state index contributed by atoms with van der Waals surface area (Å²) in [4.78, 5) is 25.2. The predicted molar refractivity (Wildman–Crippen MR) is 81.6 cm³/mol. The van der Waals surface area contributed by atoms with Crippen LogP contribution in [-0.4, -0.2) is 46.3 Å². The van der Waals surface area contributed by atoms with Gasteiger partial charge >= 0.3 is 5.97 Å². The van der Waals surface area contributed by atoms with Gasteiger partial charge in [-0.2, -0.15) is 12.6 Å². The van der Waals surface area contributed by atoms with E-state index in [1.807, 2.05) is 18.2 Å². The first-order chi connectivity index (χ1) is 10.0. The molecule has 1 aliphatic rings. The Balaban J connectivity index is 2.13. The van der Waals surface area contributed by atoms with Crippen molar-refractivity contribution in [3.8, 4) is 5.75 Å². The van der Waals surface area contributed by atoms with E-state index in [2.05, 4.69) is 12.6 Å². The van der Waals surface area contributed by atoms with Gasteiger partial charge in [0.2, 0.25) is 5.91 Å². The zero-order valence-corrected chi connectivity index (χ0v) is 12.7. The van der Waals surface area contributed by atoms with Gasteiger partial charge < -0.3 is 14.7 Å². The molecule has 3 atom stereocenters. The molecule has 6 heteroatoms. The Kier molecular flexibility index (Phi) is 5.12. The molecule has 1 aromatic rings. The standard InChI is InChI=1S/C15H19NO4S/c1-10(9-21)14(17)16-8-7-12(13(16)15(18)19)20-11-5-3-2-4-6-11/h2-6,10,12-13,21H,7-9H2,1H3,(H,18,19)/t10?,12-,13+/m1/s1. The molecule has 114 valence electrons.